The van der Waals surface area contributed by atoms with Gasteiger partial charge in [0.1, 0.15) is 12.4 Å². The standard InChI is InChI=1S/C15H21N3O2/c1-3-7-17-15(19)12-18(2)8-9-20-14-6-4-5-13(10-14)11-16/h4-6,10H,3,7-9,12H2,1-2H3,(H,17,19). The van der Waals surface area contributed by atoms with Crippen LogP contribution in [0.1, 0.15) is 18.9 Å². The van der Waals surface area contributed by atoms with Gasteiger partial charge in [-0.25, -0.2) is 0 Å². The summed E-state index contributed by atoms with van der Waals surface area (Å²) in [4.78, 5) is 13.4. The molecule has 5 heteroatoms. The highest BCUT2D eigenvalue weighted by Gasteiger charge is 2.05. The SMILES string of the molecule is CCCNC(=O)CN(C)CCOc1cccc(C#N)c1. The predicted octanol–water partition coefficient (Wildman–Crippen LogP) is 1.40. The van der Waals surface area contributed by atoms with Crippen molar-refractivity contribution in [3.63, 3.8) is 0 Å². The molecule has 1 rings (SSSR count). The van der Waals surface area contributed by atoms with Gasteiger partial charge in [0.25, 0.3) is 0 Å². The van der Waals surface area contributed by atoms with Crippen molar-refractivity contribution in [1.82, 2.24) is 10.2 Å². The minimum absolute atomic E-state index is 0.0285. The van der Waals surface area contributed by atoms with E-state index in [9.17, 15) is 4.79 Å². The third kappa shape index (κ3) is 6.21. The lowest BCUT2D eigenvalue weighted by Gasteiger charge is -2.16. The van der Waals surface area contributed by atoms with Crippen molar-refractivity contribution in [2.75, 3.05) is 33.3 Å². The number of likely N-dealkylation sites (N-methyl/N-ethyl adjacent to an activating group) is 1. The molecule has 0 aliphatic rings. The monoisotopic (exact) mass is 275 g/mol. The summed E-state index contributed by atoms with van der Waals surface area (Å²) in [6.45, 7) is 4.22. The molecule has 1 amide bonds. The molecule has 108 valence electrons. The fourth-order valence-electron chi connectivity index (χ4n) is 1.62. The molecule has 0 aromatic heterocycles. The van der Waals surface area contributed by atoms with Gasteiger partial charge >= 0.3 is 0 Å². The highest BCUT2D eigenvalue weighted by atomic mass is 16.5. The van der Waals surface area contributed by atoms with Crippen molar-refractivity contribution < 1.29 is 9.53 Å². The van der Waals surface area contributed by atoms with Crippen molar-refractivity contribution in [1.29, 1.82) is 5.26 Å². The van der Waals surface area contributed by atoms with Gasteiger partial charge in [-0.2, -0.15) is 5.26 Å². The topological polar surface area (TPSA) is 65.4 Å². The lowest BCUT2D eigenvalue weighted by atomic mass is 10.2. The molecule has 20 heavy (non-hydrogen) atoms. The van der Waals surface area contributed by atoms with Crippen LogP contribution < -0.4 is 10.1 Å². The molecule has 0 spiro atoms. The molecule has 0 aliphatic heterocycles. The van der Waals surface area contributed by atoms with Crippen LogP contribution in [-0.2, 0) is 4.79 Å². The van der Waals surface area contributed by atoms with Gasteiger partial charge < -0.3 is 10.1 Å². The second-order valence-electron chi connectivity index (χ2n) is 4.58. The quantitative estimate of drug-likeness (QED) is 0.778. The number of amides is 1. The Bertz CT molecular complexity index is 468. The lowest BCUT2D eigenvalue weighted by molar-refractivity contribution is -0.122. The maximum atomic E-state index is 11.5. The minimum Gasteiger partial charge on any atom is -0.492 e. The van der Waals surface area contributed by atoms with E-state index in [1.54, 1.807) is 18.2 Å². The smallest absolute Gasteiger partial charge is 0.234 e. The Balaban J connectivity index is 2.26. The summed E-state index contributed by atoms with van der Waals surface area (Å²) < 4.78 is 5.56. The Kier molecular flexibility index (Phi) is 7.15. The Morgan fingerprint density at radius 3 is 3.00 bits per heavy atom. The van der Waals surface area contributed by atoms with Gasteiger partial charge in [-0.15, -0.1) is 0 Å². The molecule has 0 fully saturated rings. The first-order chi connectivity index (χ1) is 9.65. The highest BCUT2D eigenvalue weighted by molar-refractivity contribution is 5.77. The second kappa shape index (κ2) is 8.94. The van der Waals surface area contributed by atoms with Crippen LogP contribution in [-0.4, -0.2) is 44.1 Å². The number of rotatable bonds is 8. The summed E-state index contributed by atoms with van der Waals surface area (Å²) in [7, 11) is 1.88. The number of nitrogens with zero attached hydrogens (tertiary/aromatic N) is 2. The van der Waals surface area contributed by atoms with E-state index in [1.165, 1.54) is 0 Å². The number of ether oxygens (including phenoxy) is 1. The Morgan fingerprint density at radius 2 is 2.30 bits per heavy atom. The van der Waals surface area contributed by atoms with E-state index in [4.69, 9.17) is 10.00 Å². The number of carbonyl (C=O) groups excluding carboxylic acids is 1. The van der Waals surface area contributed by atoms with Crippen molar-refractivity contribution >= 4 is 5.91 Å². The van der Waals surface area contributed by atoms with Crippen LogP contribution in [0.3, 0.4) is 0 Å². The molecule has 1 N–H and O–H groups in total. The van der Waals surface area contributed by atoms with Crippen LogP contribution in [0.15, 0.2) is 24.3 Å². The zero-order valence-corrected chi connectivity index (χ0v) is 12.1. The first-order valence-electron chi connectivity index (χ1n) is 6.74. The van der Waals surface area contributed by atoms with Crippen LogP contribution in [0.5, 0.6) is 5.75 Å². The summed E-state index contributed by atoms with van der Waals surface area (Å²) in [5.74, 6) is 0.703. The molecule has 1 aromatic carbocycles. The van der Waals surface area contributed by atoms with E-state index in [-0.39, 0.29) is 5.91 Å². The lowest BCUT2D eigenvalue weighted by Crippen LogP contribution is -2.37. The zero-order chi connectivity index (χ0) is 14.8. The number of nitriles is 1. The van der Waals surface area contributed by atoms with Gasteiger partial charge in [-0.05, 0) is 31.7 Å². The first kappa shape index (κ1) is 16.0. The summed E-state index contributed by atoms with van der Waals surface area (Å²) in [6, 6.07) is 9.11. The fourth-order valence-corrected chi connectivity index (χ4v) is 1.62. The Labute approximate surface area is 120 Å². The number of hydrogen-bond donors (Lipinski definition) is 1. The van der Waals surface area contributed by atoms with Crippen LogP contribution >= 0.6 is 0 Å². The molecule has 0 atom stereocenters. The summed E-state index contributed by atoms with van der Waals surface area (Å²) in [5.41, 5.74) is 0.579. The van der Waals surface area contributed by atoms with Crippen LogP contribution in [0, 0.1) is 11.3 Å². The maximum Gasteiger partial charge on any atom is 0.234 e. The third-order valence-electron chi connectivity index (χ3n) is 2.69. The maximum absolute atomic E-state index is 11.5. The van der Waals surface area contributed by atoms with Gasteiger partial charge in [0.05, 0.1) is 18.2 Å². The third-order valence-corrected chi connectivity index (χ3v) is 2.69. The second-order valence-corrected chi connectivity index (χ2v) is 4.58. The molecule has 0 unspecified atom stereocenters. The molecule has 5 nitrogen and oxygen atoms in total. The highest BCUT2D eigenvalue weighted by Crippen LogP contribution is 2.12. The van der Waals surface area contributed by atoms with E-state index >= 15 is 0 Å². The van der Waals surface area contributed by atoms with Crippen molar-refractivity contribution in [2.45, 2.75) is 13.3 Å². The van der Waals surface area contributed by atoms with E-state index in [2.05, 4.69) is 11.4 Å². The van der Waals surface area contributed by atoms with Crippen molar-refractivity contribution in [3.05, 3.63) is 29.8 Å². The molecule has 0 bridgehead atoms. The van der Waals surface area contributed by atoms with E-state index in [0.29, 0.717) is 37.6 Å². The number of benzene rings is 1. The largest absolute Gasteiger partial charge is 0.492 e. The number of carbonyl (C=O) groups is 1. The first-order valence-corrected chi connectivity index (χ1v) is 6.74. The minimum atomic E-state index is 0.0285. The van der Waals surface area contributed by atoms with E-state index in [1.807, 2.05) is 24.9 Å². The van der Waals surface area contributed by atoms with Gasteiger partial charge in [0.15, 0.2) is 0 Å². The summed E-state index contributed by atoms with van der Waals surface area (Å²) in [5, 5.41) is 11.6. The molecular weight excluding hydrogens is 254 g/mol. The van der Waals surface area contributed by atoms with Crippen LogP contribution in [0.2, 0.25) is 0 Å². The van der Waals surface area contributed by atoms with Crippen LogP contribution in [0.4, 0.5) is 0 Å². The predicted molar refractivity (Wildman–Crippen MR) is 77.4 cm³/mol. The zero-order valence-electron chi connectivity index (χ0n) is 12.1. The normalized spacial score (nSPS) is 10.1. The average Bonchev–Trinajstić information content (AvgIpc) is 2.45. The molecule has 0 aliphatic carbocycles. The van der Waals surface area contributed by atoms with Gasteiger partial charge in [-0.3, -0.25) is 9.69 Å². The van der Waals surface area contributed by atoms with E-state index in [0.717, 1.165) is 6.42 Å². The van der Waals surface area contributed by atoms with Crippen molar-refractivity contribution in [3.8, 4) is 11.8 Å². The molecule has 0 saturated heterocycles. The summed E-state index contributed by atoms with van der Waals surface area (Å²) in [6.07, 6.45) is 0.938. The average molecular weight is 275 g/mol. The molecule has 1 aromatic rings. The molecule has 0 saturated carbocycles. The van der Waals surface area contributed by atoms with Crippen LogP contribution in [0.25, 0.3) is 0 Å². The Morgan fingerprint density at radius 1 is 1.50 bits per heavy atom. The van der Waals surface area contributed by atoms with Gasteiger partial charge in [0, 0.05) is 13.1 Å². The fraction of sp³-hybridized carbons (Fsp3) is 0.467. The molecular formula is C15H21N3O2. The van der Waals surface area contributed by atoms with Gasteiger partial charge in [0.2, 0.25) is 5.91 Å². The summed E-state index contributed by atoms with van der Waals surface area (Å²) >= 11 is 0. The molecule has 0 heterocycles. The van der Waals surface area contributed by atoms with Crippen molar-refractivity contribution in [2.24, 2.45) is 0 Å². The Hall–Kier alpha value is -2.06. The van der Waals surface area contributed by atoms with E-state index < -0.39 is 0 Å². The number of hydrogen-bond acceptors (Lipinski definition) is 4. The molecule has 0 radical (unpaired) electrons. The number of nitrogens with one attached hydrogen (secondary N) is 1. The van der Waals surface area contributed by atoms with Gasteiger partial charge in [-0.1, -0.05) is 13.0 Å².